The molecule has 0 unspecified atom stereocenters. The van der Waals surface area contributed by atoms with Crippen LogP contribution in [0.2, 0.25) is 0 Å². The maximum Gasteiger partial charge on any atom is 0.177 e. The van der Waals surface area contributed by atoms with Crippen LogP contribution < -0.4 is 0 Å². The zero-order valence-corrected chi connectivity index (χ0v) is 6.56. The number of hydrogen-bond acceptors (Lipinski definition) is 3. The number of rotatable bonds is 0. The lowest BCUT2D eigenvalue weighted by Crippen LogP contribution is -1.96. The summed E-state index contributed by atoms with van der Waals surface area (Å²) in [4.78, 5) is 0. The van der Waals surface area contributed by atoms with Gasteiger partial charge >= 0.3 is 0 Å². The SMILES string of the molecule is c1c2c(nn3cnnc13)CCC2. The van der Waals surface area contributed by atoms with Crippen LogP contribution in [0.25, 0.3) is 5.65 Å². The first-order chi connectivity index (χ1) is 5.93. The van der Waals surface area contributed by atoms with E-state index < -0.39 is 0 Å². The lowest BCUT2D eigenvalue weighted by molar-refractivity contribution is 0.844. The van der Waals surface area contributed by atoms with Crippen molar-refractivity contribution in [3.63, 3.8) is 0 Å². The van der Waals surface area contributed by atoms with Gasteiger partial charge in [-0.25, -0.2) is 4.52 Å². The number of aryl methyl sites for hydroxylation is 2. The summed E-state index contributed by atoms with van der Waals surface area (Å²) in [6.07, 6.45) is 5.12. The molecule has 0 spiro atoms. The molecule has 0 saturated carbocycles. The number of fused-ring (bicyclic) bond motifs is 2. The highest BCUT2D eigenvalue weighted by Gasteiger charge is 2.13. The predicted octanol–water partition coefficient (Wildman–Crippen LogP) is 0.613. The molecule has 4 nitrogen and oxygen atoms in total. The van der Waals surface area contributed by atoms with Gasteiger partial charge < -0.3 is 0 Å². The lowest BCUT2D eigenvalue weighted by atomic mass is 10.2. The lowest BCUT2D eigenvalue weighted by Gasteiger charge is -1.96. The Labute approximate surface area is 69.2 Å². The molecule has 2 heterocycles. The first-order valence-corrected chi connectivity index (χ1v) is 4.12. The second-order valence-corrected chi connectivity index (χ2v) is 3.10. The van der Waals surface area contributed by atoms with E-state index in [2.05, 4.69) is 21.4 Å². The Bertz CT molecular complexity index is 394. The van der Waals surface area contributed by atoms with Crippen molar-refractivity contribution in [2.24, 2.45) is 0 Å². The van der Waals surface area contributed by atoms with Gasteiger partial charge in [0.15, 0.2) is 5.65 Å². The van der Waals surface area contributed by atoms with Crippen molar-refractivity contribution >= 4 is 5.65 Å². The molecule has 60 valence electrons. The van der Waals surface area contributed by atoms with Crippen molar-refractivity contribution in [2.75, 3.05) is 0 Å². The maximum atomic E-state index is 4.41. The van der Waals surface area contributed by atoms with Crippen LogP contribution in [0.3, 0.4) is 0 Å². The topological polar surface area (TPSA) is 43.1 Å². The summed E-state index contributed by atoms with van der Waals surface area (Å²) in [6, 6.07) is 2.09. The highest BCUT2D eigenvalue weighted by atomic mass is 15.3. The van der Waals surface area contributed by atoms with E-state index in [0.29, 0.717) is 0 Å². The highest BCUT2D eigenvalue weighted by molar-refractivity contribution is 5.41. The highest BCUT2D eigenvalue weighted by Crippen LogP contribution is 2.19. The van der Waals surface area contributed by atoms with E-state index in [9.17, 15) is 0 Å². The van der Waals surface area contributed by atoms with Crippen molar-refractivity contribution in [2.45, 2.75) is 19.3 Å². The van der Waals surface area contributed by atoms with Gasteiger partial charge in [-0.1, -0.05) is 0 Å². The first kappa shape index (κ1) is 6.11. The second kappa shape index (κ2) is 2.03. The van der Waals surface area contributed by atoms with Crippen molar-refractivity contribution in [3.8, 4) is 0 Å². The Morgan fingerprint density at radius 2 is 2.33 bits per heavy atom. The quantitative estimate of drug-likeness (QED) is 0.567. The van der Waals surface area contributed by atoms with E-state index in [0.717, 1.165) is 18.5 Å². The molecule has 1 aliphatic rings. The molecule has 0 radical (unpaired) electrons. The van der Waals surface area contributed by atoms with E-state index in [1.165, 1.54) is 17.7 Å². The van der Waals surface area contributed by atoms with E-state index >= 15 is 0 Å². The van der Waals surface area contributed by atoms with Crippen molar-refractivity contribution < 1.29 is 0 Å². The molecule has 12 heavy (non-hydrogen) atoms. The van der Waals surface area contributed by atoms with Crippen molar-refractivity contribution in [1.29, 1.82) is 0 Å². The van der Waals surface area contributed by atoms with Gasteiger partial charge in [0.1, 0.15) is 6.33 Å². The van der Waals surface area contributed by atoms with Gasteiger partial charge in [0, 0.05) is 0 Å². The molecule has 3 rings (SSSR count). The summed E-state index contributed by atoms with van der Waals surface area (Å²) in [6.45, 7) is 0. The Morgan fingerprint density at radius 1 is 1.33 bits per heavy atom. The molecule has 0 aromatic carbocycles. The summed E-state index contributed by atoms with van der Waals surface area (Å²) in [7, 11) is 0. The molecular weight excluding hydrogens is 152 g/mol. The second-order valence-electron chi connectivity index (χ2n) is 3.10. The van der Waals surface area contributed by atoms with Crippen LogP contribution in [0, 0.1) is 0 Å². The molecule has 0 aliphatic heterocycles. The Kier molecular flexibility index (Phi) is 1.03. The van der Waals surface area contributed by atoms with Gasteiger partial charge in [-0.3, -0.25) is 0 Å². The predicted molar refractivity (Wildman–Crippen MR) is 42.8 cm³/mol. The minimum Gasteiger partial charge on any atom is -0.200 e. The number of hydrogen-bond donors (Lipinski definition) is 0. The van der Waals surface area contributed by atoms with Crippen LogP contribution in [-0.4, -0.2) is 19.8 Å². The number of nitrogens with zero attached hydrogens (tertiary/aromatic N) is 4. The van der Waals surface area contributed by atoms with Gasteiger partial charge in [-0.2, -0.15) is 5.10 Å². The molecule has 2 aromatic heterocycles. The van der Waals surface area contributed by atoms with E-state index in [-0.39, 0.29) is 0 Å². The average Bonchev–Trinajstić information content (AvgIpc) is 2.64. The summed E-state index contributed by atoms with van der Waals surface area (Å²) in [5.74, 6) is 0. The first-order valence-electron chi connectivity index (χ1n) is 4.12. The minimum atomic E-state index is 0.857. The Morgan fingerprint density at radius 3 is 3.33 bits per heavy atom. The molecular formula is C8H8N4. The molecule has 0 atom stereocenters. The van der Waals surface area contributed by atoms with E-state index in [1.54, 1.807) is 10.8 Å². The Balaban J connectivity index is 2.38. The zero-order chi connectivity index (χ0) is 7.97. The number of aromatic nitrogens is 4. The zero-order valence-electron chi connectivity index (χ0n) is 6.56. The smallest absolute Gasteiger partial charge is 0.177 e. The van der Waals surface area contributed by atoms with Gasteiger partial charge in [0.25, 0.3) is 0 Å². The van der Waals surface area contributed by atoms with Crippen molar-refractivity contribution in [3.05, 3.63) is 23.7 Å². The molecule has 0 bridgehead atoms. The van der Waals surface area contributed by atoms with Crippen LogP contribution in [0.1, 0.15) is 17.7 Å². The van der Waals surface area contributed by atoms with Crippen LogP contribution in [0.15, 0.2) is 12.4 Å². The summed E-state index contributed by atoms with van der Waals surface area (Å²) >= 11 is 0. The molecule has 0 amide bonds. The molecule has 0 N–H and O–H groups in total. The average molecular weight is 160 g/mol. The largest absolute Gasteiger partial charge is 0.200 e. The molecule has 2 aromatic rings. The van der Waals surface area contributed by atoms with Gasteiger partial charge in [-0.05, 0) is 30.9 Å². The normalized spacial score (nSPS) is 15.3. The third-order valence-corrected chi connectivity index (χ3v) is 2.32. The molecule has 0 saturated heterocycles. The molecule has 0 fully saturated rings. The summed E-state index contributed by atoms with van der Waals surface area (Å²) < 4.78 is 1.74. The Hall–Kier alpha value is -1.45. The van der Waals surface area contributed by atoms with Gasteiger partial charge in [0.05, 0.1) is 5.69 Å². The third kappa shape index (κ3) is 0.691. The summed E-state index contributed by atoms with van der Waals surface area (Å²) in [5.41, 5.74) is 3.41. The third-order valence-electron chi connectivity index (χ3n) is 2.32. The summed E-state index contributed by atoms with van der Waals surface area (Å²) in [5, 5.41) is 12.1. The van der Waals surface area contributed by atoms with Crippen molar-refractivity contribution in [1.82, 2.24) is 19.8 Å². The maximum absolute atomic E-state index is 4.41. The van der Waals surface area contributed by atoms with Crippen LogP contribution in [0.5, 0.6) is 0 Å². The molecule has 1 aliphatic carbocycles. The van der Waals surface area contributed by atoms with E-state index in [1.807, 2.05) is 0 Å². The van der Waals surface area contributed by atoms with Gasteiger partial charge in [0.2, 0.25) is 0 Å². The molecule has 4 heteroatoms. The van der Waals surface area contributed by atoms with Crippen LogP contribution >= 0.6 is 0 Å². The monoisotopic (exact) mass is 160 g/mol. The standard InChI is InChI=1S/C8H8N4/c1-2-6-4-8-10-9-5-12(8)11-7(6)3-1/h4-5H,1-3H2. The van der Waals surface area contributed by atoms with Gasteiger partial charge in [-0.15, -0.1) is 10.2 Å². The minimum absolute atomic E-state index is 0.857. The van der Waals surface area contributed by atoms with Crippen LogP contribution in [0.4, 0.5) is 0 Å². The van der Waals surface area contributed by atoms with Crippen LogP contribution in [-0.2, 0) is 12.8 Å². The fourth-order valence-corrected chi connectivity index (χ4v) is 1.72. The van der Waals surface area contributed by atoms with E-state index in [4.69, 9.17) is 0 Å². The fourth-order valence-electron chi connectivity index (χ4n) is 1.72. The fraction of sp³-hybridized carbons (Fsp3) is 0.375.